The molecule has 0 aromatic heterocycles. The van der Waals surface area contributed by atoms with Crippen molar-refractivity contribution in [3.63, 3.8) is 0 Å². The molecule has 1 heterocycles. The highest BCUT2D eigenvalue weighted by Gasteiger charge is 2.26. The molecule has 146 valence electrons. The molecule has 2 heteroatoms. The summed E-state index contributed by atoms with van der Waals surface area (Å²) in [5.74, 6) is 0. The highest BCUT2D eigenvalue weighted by Crippen LogP contribution is 2.37. The number of hydrogen-bond donors (Lipinski definition) is 0. The molecule has 1 saturated heterocycles. The van der Waals surface area contributed by atoms with Gasteiger partial charge in [-0.2, -0.15) is 0 Å². The largest absolute Gasteiger partial charge is 0.352 e. The van der Waals surface area contributed by atoms with Crippen LogP contribution in [0.2, 0.25) is 0 Å². The first-order chi connectivity index (χ1) is 14.0. The van der Waals surface area contributed by atoms with Crippen LogP contribution in [0.5, 0.6) is 0 Å². The zero-order valence-electron chi connectivity index (χ0n) is 17.8. The zero-order valence-corrected chi connectivity index (χ0v) is 17.8. The van der Waals surface area contributed by atoms with Crippen molar-refractivity contribution in [2.75, 3.05) is 29.6 Å². The average Bonchev–Trinajstić information content (AvgIpc) is 3.17. The standard InChI is InChI=1S/C27H28N2/c1-18-15-22-9-5-7-11-24(22)20(3)26(18)28-13-14-29(17-28)27-19(2)16-23-10-6-8-12-25(23)21(27)4/h5-12,15-16H,13-14,17H2,1-4H3. The molecule has 0 saturated carbocycles. The van der Waals surface area contributed by atoms with E-state index in [1.165, 1.54) is 55.2 Å². The Bertz CT molecular complexity index is 1140. The van der Waals surface area contributed by atoms with Gasteiger partial charge in [0.1, 0.15) is 0 Å². The summed E-state index contributed by atoms with van der Waals surface area (Å²) in [6.45, 7) is 12.1. The van der Waals surface area contributed by atoms with Gasteiger partial charge in [0.15, 0.2) is 0 Å². The summed E-state index contributed by atoms with van der Waals surface area (Å²) in [5.41, 5.74) is 8.35. The van der Waals surface area contributed by atoms with Gasteiger partial charge in [-0.15, -0.1) is 0 Å². The van der Waals surface area contributed by atoms with E-state index in [1.807, 2.05) is 0 Å². The van der Waals surface area contributed by atoms with E-state index < -0.39 is 0 Å². The molecule has 0 amide bonds. The molecule has 1 aliphatic rings. The molecule has 5 rings (SSSR count). The lowest BCUT2D eigenvalue weighted by atomic mass is 9.99. The number of aryl methyl sites for hydroxylation is 4. The van der Waals surface area contributed by atoms with Crippen molar-refractivity contribution in [1.29, 1.82) is 0 Å². The van der Waals surface area contributed by atoms with Gasteiger partial charge >= 0.3 is 0 Å². The van der Waals surface area contributed by atoms with Crippen LogP contribution in [0.1, 0.15) is 22.3 Å². The topological polar surface area (TPSA) is 6.48 Å². The first kappa shape index (κ1) is 18.1. The third-order valence-electron chi connectivity index (χ3n) is 6.54. The number of hydrogen-bond acceptors (Lipinski definition) is 2. The van der Waals surface area contributed by atoms with Gasteiger partial charge in [0.2, 0.25) is 0 Å². The summed E-state index contributed by atoms with van der Waals surface area (Å²) in [6, 6.07) is 22.2. The molecule has 0 atom stereocenters. The summed E-state index contributed by atoms with van der Waals surface area (Å²) >= 11 is 0. The van der Waals surface area contributed by atoms with Crippen LogP contribution in [0.25, 0.3) is 21.5 Å². The van der Waals surface area contributed by atoms with Crippen molar-refractivity contribution < 1.29 is 0 Å². The van der Waals surface area contributed by atoms with E-state index in [2.05, 4.69) is 98.2 Å². The Kier molecular flexibility index (Phi) is 4.24. The van der Waals surface area contributed by atoms with E-state index in [9.17, 15) is 0 Å². The second-order valence-corrected chi connectivity index (χ2v) is 8.44. The van der Waals surface area contributed by atoms with Gasteiger partial charge in [-0.1, -0.05) is 48.5 Å². The normalized spacial score (nSPS) is 14.3. The van der Waals surface area contributed by atoms with E-state index in [4.69, 9.17) is 0 Å². The Morgan fingerprint density at radius 1 is 0.586 bits per heavy atom. The summed E-state index contributed by atoms with van der Waals surface area (Å²) in [7, 11) is 0. The first-order valence-electron chi connectivity index (χ1n) is 10.5. The first-order valence-corrected chi connectivity index (χ1v) is 10.5. The van der Waals surface area contributed by atoms with Crippen LogP contribution in [0.4, 0.5) is 11.4 Å². The fraction of sp³-hybridized carbons (Fsp3) is 0.259. The molecular formula is C27H28N2. The smallest absolute Gasteiger partial charge is 0.0904 e. The van der Waals surface area contributed by atoms with Crippen molar-refractivity contribution >= 4 is 32.9 Å². The lowest BCUT2D eigenvalue weighted by Gasteiger charge is -2.27. The van der Waals surface area contributed by atoms with Crippen LogP contribution >= 0.6 is 0 Å². The maximum atomic E-state index is 2.56. The Morgan fingerprint density at radius 2 is 1.00 bits per heavy atom. The van der Waals surface area contributed by atoms with E-state index in [0.29, 0.717) is 0 Å². The van der Waals surface area contributed by atoms with E-state index in [0.717, 1.165) is 19.8 Å². The Hall–Kier alpha value is -3.00. The van der Waals surface area contributed by atoms with Crippen LogP contribution in [-0.4, -0.2) is 19.8 Å². The lowest BCUT2D eigenvalue weighted by molar-refractivity contribution is 0.934. The fourth-order valence-corrected chi connectivity index (χ4v) is 5.31. The molecule has 4 aromatic rings. The molecule has 1 fully saturated rings. The second kappa shape index (κ2) is 6.81. The van der Waals surface area contributed by atoms with Crippen molar-refractivity contribution in [2.45, 2.75) is 27.7 Å². The van der Waals surface area contributed by atoms with Crippen molar-refractivity contribution in [3.05, 3.63) is 82.9 Å². The van der Waals surface area contributed by atoms with Crippen LogP contribution < -0.4 is 9.80 Å². The van der Waals surface area contributed by atoms with Crippen LogP contribution in [0.3, 0.4) is 0 Å². The molecule has 29 heavy (non-hydrogen) atoms. The molecule has 1 aliphatic heterocycles. The van der Waals surface area contributed by atoms with Gasteiger partial charge < -0.3 is 9.80 Å². The monoisotopic (exact) mass is 380 g/mol. The molecule has 0 aliphatic carbocycles. The molecule has 0 unspecified atom stereocenters. The summed E-state index contributed by atoms with van der Waals surface area (Å²) in [6.07, 6.45) is 0. The highest BCUT2D eigenvalue weighted by molar-refractivity contribution is 5.93. The van der Waals surface area contributed by atoms with Crippen molar-refractivity contribution in [1.82, 2.24) is 0 Å². The van der Waals surface area contributed by atoms with Crippen LogP contribution in [0, 0.1) is 27.7 Å². The van der Waals surface area contributed by atoms with E-state index in [-0.39, 0.29) is 0 Å². The van der Waals surface area contributed by atoms with E-state index in [1.54, 1.807) is 0 Å². The van der Waals surface area contributed by atoms with Crippen molar-refractivity contribution in [3.8, 4) is 0 Å². The van der Waals surface area contributed by atoms with Crippen LogP contribution in [0.15, 0.2) is 60.7 Å². The second-order valence-electron chi connectivity index (χ2n) is 8.44. The lowest BCUT2D eigenvalue weighted by Crippen LogP contribution is -2.27. The molecule has 0 radical (unpaired) electrons. The van der Waals surface area contributed by atoms with Gasteiger partial charge in [-0.05, 0) is 83.6 Å². The Labute approximate surface area is 173 Å². The minimum atomic E-state index is 0.944. The maximum Gasteiger partial charge on any atom is 0.0904 e. The van der Waals surface area contributed by atoms with E-state index >= 15 is 0 Å². The third kappa shape index (κ3) is 2.86. The number of anilines is 2. The predicted octanol–water partition coefficient (Wildman–Crippen LogP) is 6.51. The molecule has 4 aromatic carbocycles. The summed E-state index contributed by atoms with van der Waals surface area (Å²) < 4.78 is 0. The molecule has 0 bridgehead atoms. The molecule has 0 N–H and O–H groups in total. The number of fused-ring (bicyclic) bond motifs is 2. The number of nitrogens with zero attached hydrogens (tertiary/aromatic N) is 2. The Balaban J connectivity index is 1.55. The molecule has 2 nitrogen and oxygen atoms in total. The number of benzene rings is 4. The van der Waals surface area contributed by atoms with Gasteiger partial charge in [-0.25, -0.2) is 0 Å². The average molecular weight is 381 g/mol. The summed E-state index contributed by atoms with van der Waals surface area (Å²) in [4.78, 5) is 5.12. The predicted molar refractivity (Wildman–Crippen MR) is 126 cm³/mol. The van der Waals surface area contributed by atoms with Crippen LogP contribution in [-0.2, 0) is 0 Å². The SMILES string of the molecule is Cc1cc2ccccc2c(C)c1N1CCN(c2c(C)cc3ccccc3c2C)C1. The van der Waals surface area contributed by atoms with Gasteiger partial charge in [-0.3, -0.25) is 0 Å². The van der Waals surface area contributed by atoms with Gasteiger partial charge in [0.25, 0.3) is 0 Å². The Morgan fingerprint density at radius 3 is 1.45 bits per heavy atom. The third-order valence-corrected chi connectivity index (χ3v) is 6.54. The van der Waals surface area contributed by atoms with Gasteiger partial charge in [0, 0.05) is 24.5 Å². The quantitative estimate of drug-likeness (QED) is 0.391. The zero-order chi connectivity index (χ0) is 20.1. The minimum absolute atomic E-state index is 0.944. The molecular weight excluding hydrogens is 352 g/mol. The molecule has 0 spiro atoms. The minimum Gasteiger partial charge on any atom is -0.352 e. The maximum absolute atomic E-state index is 2.56. The van der Waals surface area contributed by atoms with Gasteiger partial charge in [0.05, 0.1) is 6.67 Å². The highest BCUT2D eigenvalue weighted by atomic mass is 15.4. The summed E-state index contributed by atoms with van der Waals surface area (Å²) in [5, 5.41) is 5.40. The number of rotatable bonds is 2. The fourth-order valence-electron chi connectivity index (χ4n) is 5.31. The van der Waals surface area contributed by atoms with Crippen molar-refractivity contribution in [2.24, 2.45) is 0 Å².